The van der Waals surface area contributed by atoms with Crippen molar-refractivity contribution in [2.45, 2.75) is 12.6 Å². The van der Waals surface area contributed by atoms with Gasteiger partial charge < -0.3 is 10.6 Å². The summed E-state index contributed by atoms with van der Waals surface area (Å²) in [6.07, 6.45) is 3.64. The third-order valence-electron chi connectivity index (χ3n) is 4.15. The van der Waals surface area contributed by atoms with Crippen molar-refractivity contribution in [3.63, 3.8) is 0 Å². The molecule has 2 heterocycles. The number of rotatable bonds is 5. The molecule has 1 amide bonds. The molecule has 1 saturated heterocycles. The number of hydrogen-bond acceptors (Lipinski definition) is 4. The molecule has 1 aliphatic rings. The quantitative estimate of drug-likeness (QED) is 0.835. The van der Waals surface area contributed by atoms with Crippen LogP contribution in [0.25, 0.3) is 0 Å². The summed E-state index contributed by atoms with van der Waals surface area (Å²) in [5, 5.41) is 7.04. The zero-order chi connectivity index (χ0) is 16.8. The van der Waals surface area contributed by atoms with Crippen LogP contribution >= 0.6 is 24.0 Å². The largest absolute Gasteiger partial charge is 0.351 e. The molecule has 0 radical (unpaired) electrons. The summed E-state index contributed by atoms with van der Waals surface area (Å²) < 4.78 is 0. The van der Waals surface area contributed by atoms with Crippen LogP contribution in [0.15, 0.2) is 48.8 Å². The van der Waals surface area contributed by atoms with Gasteiger partial charge in [-0.3, -0.25) is 14.7 Å². The van der Waals surface area contributed by atoms with Crippen LogP contribution in [0.4, 0.5) is 0 Å². The minimum absolute atomic E-state index is 0. The van der Waals surface area contributed by atoms with E-state index < -0.39 is 0 Å². The first-order valence-electron chi connectivity index (χ1n) is 8.08. The maximum atomic E-state index is 12.3. The number of halogens is 2. The topological polar surface area (TPSA) is 57.3 Å². The Kier molecular flexibility index (Phi) is 7.65. The van der Waals surface area contributed by atoms with Crippen molar-refractivity contribution in [3.8, 4) is 0 Å². The van der Waals surface area contributed by atoms with Gasteiger partial charge in [-0.2, -0.15) is 0 Å². The molecule has 2 N–H and O–H groups in total. The fourth-order valence-electron chi connectivity index (χ4n) is 2.93. The molecule has 7 heteroatoms. The van der Waals surface area contributed by atoms with Gasteiger partial charge in [0.2, 0.25) is 5.91 Å². The number of benzene rings is 1. The molecular formula is C18H22Cl2N4O. The van der Waals surface area contributed by atoms with Gasteiger partial charge in [0.1, 0.15) is 0 Å². The second kappa shape index (κ2) is 9.73. The molecule has 0 spiro atoms. The fourth-order valence-corrected chi connectivity index (χ4v) is 3.14. The van der Waals surface area contributed by atoms with Gasteiger partial charge >= 0.3 is 0 Å². The van der Waals surface area contributed by atoms with E-state index in [2.05, 4.69) is 26.6 Å². The van der Waals surface area contributed by atoms with Crippen LogP contribution in [0.3, 0.4) is 0 Å². The smallest absolute Gasteiger partial charge is 0.234 e. The molecule has 25 heavy (non-hydrogen) atoms. The lowest BCUT2D eigenvalue weighted by Crippen LogP contribution is -2.49. The van der Waals surface area contributed by atoms with Crippen molar-refractivity contribution < 1.29 is 4.79 Å². The van der Waals surface area contributed by atoms with Crippen LogP contribution in [0.2, 0.25) is 5.02 Å². The lowest BCUT2D eigenvalue weighted by Gasteiger charge is -2.35. The fraction of sp³-hybridized carbons (Fsp3) is 0.333. The molecule has 1 fully saturated rings. The maximum Gasteiger partial charge on any atom is 0.234 e. The second-order valence-corrected chi connectivity index (χ2v) is 6.32. The summed E-state index contributed by atoms with van der Waals surface area (Å²) in [7, 11) is 0. The highest BCUT2D eigenvalue weighted by atomic mass is 35.5. The molecule has 5 nitrogen and oxygen atoms in total. The number of piperazine rings is 1. The summed E-state index contributed by atoms with van der Waals surface area (Å²) in [5.41, 5.74) is 2.13. The van der Waals surface area contributed by atoms with Crippen LogP contribution in [-0.4, -0.2) is 42.0 Å². The number of amides is 1. The molecule has 0 saturated carbocycles. The first-order chi connectivity index (χ1) is 11.7. The molecule has 1 aromatic carbocycles. The van der Waals surface area contributed by atoms with Gasteiger partial charge in [-0.25, -0.2) is 0 Å². The van der Waals surface area contributed by atoms with Crippen molar-refractivity contribution in [2.24, 2.45) is 0 Å². The highest BCUT2D eigenvalue weighted by Crippen LogP contribution is 2.20. The van der Waals surface area contributed by atoms with Crippen molar-refractivity contribution in [1.82, 2.24) is 20.5 Å². The predicted molar refractivity (Wildman–Crippen MR) is 102 cm³/mol. The zero-order valence-corrected chi connectivity index (χ0v) is 15.4. The Hall–Kier alpha value is -1.66. The number of carbonyl (C=O) groups excluding carboxylic acids is 1. The van der Waals surface area contributed by atoms with E-state index in [1.165, 1.54) is 0 Å². The number of pyridine rings is 1. The van der Waals surface area contributed by atoms with Gasteiger partial charge in [0, 0.05) is 49.6 Å². The average Bonchev–Trinajstić information content (AvgIpc) is 2.61. The maximum absolute atomic E-state index is 12.3. The monoisotopic (exact) mass is 380 g/mol. The van der Waals surface area contributed by atoms with Crippen LogP contribution in [0.1, 0.15) is 17.2 Å². The van der Waals surface area contributed by atoms with Gasteiger partial charge in [-0.1, -0.05) is 29.8 Å². The van der Waals surface area contributed by atoms with Crippen LogP contribution in [0.5, 0.6) is 0 Å². The molecule has 1 unspecified atom stereocenters. The van der Waals surface area contributed by atoms with Gasteiger partial charge in [0.25, 0.3) is 0 Å². The molecule has 3 rings (SSSR count). The number of hydrogen-bond donors (Lipinski definition) is 2. The number of nitrogens with zero attached hydrogens (tertiary/aromatic N) is 2. The van der Waals surface area contributed by atoms with Gasteiger partial charge in [-0.15, -0.1) is 12.4 Å². The molecule has 2 aromatic rings. The number of aromatic nitrogens is 1. The van der Waals surface area contributed by atoms with Crippen LogP contribution in [-0.2, 0) is 11.3 Å². The molecule has 0 aliphatic carbocycles. The van der Waals surface area contributed by atoms with Gasteiger partial charge in [0.05, 0.1) is 6.54 Å². The minimum atomic E-state index is 0. The van der Waals surface area contributed by atoms with E-state index in [0.717, 1.165) is 30.8 Å². The van der Waals surface area contributed by atoms with Gasteiger partial charge in [0.15, 0.2) is 0 Å². The third kappa shape index (κ3) is 5.68. The van der Waals surface area contributed by atoms with Crippen molar-refractivity contribution in [3.05, 3.63) is 64.9 Å². The molecular weight excluding hydrogens is 359 g/mol. The Morgan fingerprint density at radius 1 is 1.36 bits per heavy atom. The highest BCUT2D eigenvalue weighted by Gasteiger charge is 2.25. The van der Waals surface area contributed by atoms with E-state index in [1.54, 1.807) is 6.20 Å². The van der Waals surface area contributed by atoms with E-state index in [4.69, 9.17) is 11.6 Å². The average molecular weight is 381 g/mol. The Bertz CT molecular complexity index is 684. The van der Waals surface area contributed by atoms with E-state index in [-0.39, 0.29) is 24.4 Å². The second-order valence-electron chi connectivity index (χ2n) is 5.88. The molecule has 1 aliphatic heterocycles. The third-order valence-corrected chi connectivity index (χ3v) is 4.38. The van der Waals surface area contributed by atoms with Gasteiger partial charge in [-0.05, 0) is 29.3 Å². The van der Waals surface area contributed by atoms with Crippen LogP contribution < -0.4 is 10.6 Å². The summed E-state index contributed by atoms with van der Waals surface area (Å²) in [6, 6.07) is 11.7. The predicted octanol–water partition coefficient (Wildman–Crippen LogP) is 2.42. The lowest BCUT2D eigenvalue weighted by molar-refractivity contribution is -0.123. The summed E-state index contributed by atoms with van der Waals surface area (Å²) >= 11 is 5.97. The van der Waals surface area contributed by atoms with Crippen molar-refractivity contribution in [2.75, 3.05) is 26.2 Å². The lowest BCUT2D eigenvalue weighted by atomic mass is 10.1. The first-order valence-corrected chi connectivity index (χ1v) is 8.46. The minimum Gasteiger partial charge on any atom is -0.351 e. The SMILES string of the molecule is Cl.O=C(CN1CCNCC1c1cccnc1)NCc1cccc(Cl)c1. The van der Waals surface area contributed by atoms with Crippen LogP contribution in [0, 0.1) is 0 Å². The molecule has 0 bridgehead atoms. The Morgan fingerprint density at radius 3 is 3.00 bits per heavy atom. The Morgan fingerprint density at radius 2 is 2.24 bits per heavy atom. The Labute approximate surface area is 159 Å². The molecule has 1 aromatic heterocycles. The van der Waals surface area contributed by atoms with Crippen molar-refractivity contribution >= 4 is 29.9 Å². The van der Waals surface area contributed by atoms with E-state index >= 15 is 0 Å². The standard InChI is InChI=1S/C18H21ClN4O.ClH/c19-16-5-1-3-14(9-16)10-22-18(24)13-23-8-7-21-12-17(23)15-4-2-6-20-11-15;/h1-6,9,11,17,21H,7-8,10,12-13H2,(H,22,24);1H. The van der Waals surface area contributed by atoms with Crippen molar-refractivity contribution in [1.29, 1.82) is 0 Å². The highest BCUT2D eigenvalue weighted by molar-refractivity contribution is 6.30. The first kappa shape index (κ1) is 19.7. The molecule has 1 atom stereocenters. The summed E-state index contributed by atoms with van der Waals surface area (Å²) in [4.78, 5) is 18.7. The van der Waals surface area contributed by atoms with E-state index in [0.29, 0.717) is 18.1 Å². The normalized spacial score (nSPS) is 17.6. The number of nitrogens with one attached hydrogen (secondary N) is 2. The van der Waals surface area contributed by atoms with E-state index in [9.17, 15) is 4.79 Å². The zero-order valence-electron chi connectivity index (χ0n) is 13.8. The summed E-state index contributed by atoms with van der Waals surface area (Å²) in [5.74, 6) is 0.0192. The van der Waals surface area contributed by atoms with E-state index in [1.807, 2.05) is 36.5 Å². The number of carbonyl (C=O) groups is 1. The summed E-state index contributed by atoms with van der Waals surface area (Å²) in [6.45, 7) is 3.42. The Balaban J connectivity index is 0.00000225. The molecule has 134 valence electrons.